The molecule has 10 heteroatoms. The second-order valence-electron chi connectivity index (χ2n) is 8.87. The highest BCUT2D eigenvalue weighted by Gasteiger charge is 2.19. The maximum Gasteiger partial charge on any atom is 0.269 e. The van der Waals surface area contributed by atoms with Crippen molar-refractivity contribution in [3.8, 4) is 11.1 Å². The van der Waals surface area contributed by atoms with Gasteiger partial charge in [-0.1, -0.05) is 36.4 Å². The molecule has 9 nitrogen and oxygen atoms in total. The summed E-state index contributed by atoms with van der Waals surface area (Å²) in [7, 11) is -3.77. The Bertz CT molecular complexity index is 1510. The standard InChI is InChI=1S/C28H30N4O5S/c33-16-11-23-18-26(32(34)35)9-8-22(23)7-4-12-29-14-15-31-38(36,37)28-19-24(21-5-2-1-3-6-21)17-25-20-30-13-10-27(25)28/h1-3,5-6,8-10,13,17-20,29,31,33H,4,7,11-12,14-16H2. The molecule has 0 aliphatic heterocycles. The summed E-state index contributed by atoms with van der Waals surface area (Å²) in [5.41, 5.74) is 3.48. The van der Waals surface area contributed by atoms with Gasteiger partial charge in [0.05, 0.1) is 9.82 Å². The van der Waals surface area contributed by atoms with E-state index in [0.29, 0.717) is 31.3 Å². The van der Waals surface area contributed by atoms with E-state index < -0.39 is 14.9 Å². The first kappa shape index (κ1) is 27.3. The van der Waals surface area contributed by atoms with Crippen molar-refractivity contribution in [3.05, 3.63) is 100 Å². The monoisotopic (exact) mass is 534 g/mol. The normalized spacial score (nSPS) is 11.6. The Hall–Kier alpha value is -3.70. The van der Waals surface area contributed by atoms with Gasteiger partial charge in [0, 0.05) is 55.0 Å². The van der Waals surface area contributed by atoms with Gasteiger partial charge in [0.2, 0.25) is 10.0 Å². The molecule has 4 aromatic rings. The molecule has 0 saturated heterocycles. The Morgan fingerprint density at radius 1 is 0.895 bits per heavy atom. The molecule has 0 unspecified atom stereocenters. The summed E-state index contributed by atoms with van der Waals surface area (Å²) >= 11 is 0. The number of nitrogens with zero attached hydrogens (tertiary/aromatic N) is 2. The lowest BCUT2D eigenvalue weighted by Crippen LogP contribution is -2.32. The van der Waals surface area contributed by atoms with Crippen LogP contribution in [0, 0.1) is 10.1 Å². The van der Waals surface area contributed by atoms with Crippen LogP contribution in [0.4, 0.5) is 5.69 Å². The third-order valence-electron chi connectivity index (χ3n) is 6.29. The molecule has 0 saturated carbocycles. The van der Waals surface area contributed by atoms with Gasteiger partial charge in [-0.25, -0.2) is 13.1 Å². The van der Waals surface area contributed by atoms with Gasteiger partial charge in [-0.2, -0.15) is 0 Å². The van der Waals surface area contributed by atoms with Gasteiger partial charge >= 0.3 is 0 Å². The fourth-order valence-corrected chi connectivity index (χ4v) is 5.68. The second-order valence-corrected chi connectivity index (χ2v) is 10.6. The predicted molar refractivity (Wildman–Crippen MR) is 147 cm³/mol. The summed E-state index contributed by atoms with van der Waals surface area (Å²) in [6.45, 7) is 1.24. The zero-order valence-corrected chi connectivity index (χ0v) is 21.7. The smallest absolute Gasteiger partial charge is 0.269 e. The van der Waals surface area contributed by atoms with Crippen LogP contribution in [0.15, 0.2) is 84.0 Å². The first-order valence-electron chi connectivity index (χ1n) is 12.4. The number of aromatic nitrogens is 1. The first-order chi connectivity index (χ1) is 18.4. The van der Waals surface area contributed by atoms with Gasteiger partial charge in [-0.15, -0.1) is 0 Å². The van der Waals surface area contributed by atoms with Crippen LogP contribution in [0.1, 0.15) is 17.5 Å². The number of rotatable bonds is 13. The number of hydrogen-bond donors (Lipinski definition) is 3. The Morgan fingerprint density at radius 3 is 2.47 bits per heavy atom. The molecule has 0 radical (unpaired) electrons. The van der Waals surface area contributed by atoms with Gasteiger partial charge in [0.25, 0.3) is 5.69 Å². The summed E-state index contributed by atoms with van der Waals surface area (Å²) in [6, 6.07) is 19.7. The lowest BCUT2D eigenvalue weighted by molar-refractivity contribution is -0.384. The Kier molecular flexibility index (Phi) is 9.14. The molecule has 0 fully saturated rings. The van der Waals surface area contributed by atoms with Crippen LogP contribution in [-0.2, 0) is 22.9 Å². The summed E-state index contributed by atoms with van der Waals surface area (Å²) in [5.74, 6) is 0. The molecule has 4 rings (SSSR count). The average molecular weight is 535 g/mol. The number of benzene rings is 3. The van der Waals surface area contributed by atoms with E-state index in [9.17, 15) is 23.6 Å². The van der Waals surface area contributed by atoms with E-state index in [2.05, 4.69) is 15.0 Å². The highest BCUT2D eigenvalue weighted by Crippen LogP contribution is 2.30. The molecule has 1 heterocycles. The van der Waals surface area contributed by atoms with Crippen LogP contribution in [0.3, 0.4) is 0 Å². The number of aliphatic hydroxyl groups excluding tert-OH is 1. The van der Waals surface area contributed by atoms with Crippen LogP contribution in [0.5, 0.6) is 0 Å². The zero-order chi connectivity index (χ0) is 27.0. The van der Waals surface area contributed by atoms with Gasteiger partial charge in [0.15, 0.2) is 0 Å². The lowest BCUT2D eigenvalue weighted by Gasteiger charge is -2.13. The van der Waals surface area contributed by atoms with Crippen molar-refractivity contribution in [2.45, 2.75) is 24.2 Å². The van der Waals surface area contributed by atoms with Crippen molar-refractivity contribution >= 4 is 26.5 Å². The molecule has 0 spiro atoms. The van der Waals surface area contributed by atoms with Crippen LogP contribution >= 0.6 is 0 Å². The number of pyridine rings is 1. The molecule has 38 heavy (non-hydrogen) atoms. The van der Waals surface area contributed by atoms with Crippen LogP contribution in [-0.4, -0.2) is 49.7 Å². The first-order valence-corrected chi connectivity index (χ1v) is 13.9. The summed E-state index contributed by atoms with van der Waals surface area (Å²) in [4.78, 5) is 14.9. The third-order valence-corrected chi connectivity index (χ3v) is 7.79. The van der Waals surface area contributed by atoms with Gasteiger partial charge in [-0.05, 0) is 66.3 Å². The fourth-order valence-electron chi connectivity index (χ4n) is 4.40. The average Bonchev–Trinajstić information content (AvgIpc) is 2.93. The minimum absolute atomic E-state index is 0.0148. The third kappa shape index (κ3) is 6.78. The Balaban J connectivity index is 1.34. The highest BCUT2D eigenvalue weighted by molar-refractivity contribution is 7.89. The number of nitro benzene ring substituents is 1. The quantitative estimate of drug-likeness (QED) is 0.135. The van der Waals surface area contributed by atoms with E-state index in [0.717, 1.165) is 34.1 Å². The topological polar surface area (TPSA) is 134 Å². The SMILES string of the molecule is O=[N+]([O-])c1ccc(CCCNCCNS(=O)(=O)c2cc(-c3ccccc3)cc3cnccc23)c(CCO)c1. The number of nitro groups is 1. The van der Waals surface area contributed by atoms with Gasteiger partial charge in [0.1, 0.15) is 0 Å². The van der Waals surface area contributed by atoms with E-state index in [4.69, 9.17) is 0 Å². The zero-order valence-electron chi connectivity index (χ0n) is 20.8. The molecule has 0 aliphatic rings. The van der Waals surface area contributed by atoms with E-state index in [-0.39, 0.29) is 23.7 Å². The molecule has 0 atom stereocenters. The number of non-ortho nitro benzene ring substituents is 1. The highest BCUT2D eigenvalue weighted by atomic mass is 32.2. The minimum atomic E-state index is -3.77. The van der Waals surface area contributed by atoms with Crippen molar-refractivity contribution in [2.75, 3.05) is 26.2 Å². The van der Waals surface area contributed by atoms with Gasteiger partial charge in [-0.3, -0.25) is 15.1 Å². The molecular weight excluding hydrogens is 504 g/mol. The molecule has 0 amide bonds. The molecule has 1 aromatic heterocycles. The van der Waals surface area contributed by atoms with E-state index in [1.54, 1.807) is 30.6 Å². The second kappa shape index (κ2) is 12.7. The summed E-state index contributed by atoms with van der Waals surface area (Å²) < 4.78 is 29.2. The fraction of sp³-hybridized carbons (Fsp3) is 0.250. The van der Waals surface area contributed by atoms with Crippen LogP contribution < -0.4 is 10.0 Å². The number of nitrogens with one attached hydrogen (secondary N) is 2. The van der Waals surface area contributed by atoms with Crippen molar-refractivity contribution < 1.29 is 18.4 Å². The van der Waals surface area contributed by atoms with Crippen molar-refractivity contribution in [1.82, 2.24) is 15.0 Å². The molecule has 3 aromatic carbocycles. The summed E-state index contributed by atoms with van der Waals surface area (Å²) in [6.07, 6.45) is 5.07. The van der Waals surface area contributed by atoms with E-state index in [1.807, 2.05) is 36.4 Å². The Morgan fingerprint density at radius 2 is 1.71 bits per heavy atom. The predicted octanol–water partition coefficient (Wildman–Crippen LogP) is 3.85. The number of sulfonamides is 1. The number of aliphatic hydroxyl groups is 1. The lowest BCUT2D eigenvalue weighted by atomic mass is 10.00. The minimum Gasteiger partial charge on any atom is -0.396 e. The van der Waals surface area contributed by atoms with E-state index in [1.165, 1.54) is 12.1 Å². The number of fused-ring (bicyclic) bond motifs is 1. The molecule has 0 aliphatic carbocycles. The van der Waals surface area contributed by atoms with Crippen molar-refractivity contribution in [1.29, 1.82) is 0 Å². The van der Waals surface area contributed by atoms with E-state index >= 15 is 0 Å². The maximum atomic E-state index is 13.3. The summed E-state index contributed by atoms with van der Waals surface area (Å²) in [5, 5.41) is 24.9. The number of aryl methyl sites for hydroxylation is 1. The maximum absolute atomic E-state index is 13.3. The molecule has 3 N–H and O–H groups in total. The largest absolute Gasteiger partial charge is 0.396 e. The van der Waals surface area contributed by atoms with Crippen molar-refractivity contribution in [2.24, 2.45) is 0 Å². The number of hydrogen-bond acceptors (Lipinski definition) is 7. The van der Waals surface area contributed by atoms with Gasteiger partial charge < -0.3 is 10.4 Å². The molecule has 198 valence electrons. The Labute approximate surface area is 221 Å². The molecule has 0 bridgehead atoms. The van der Waals surface area contributed by atoms with Crippen molar-refractivity contribution in [3.63, 3.8) is 0 Å². The molecular formula is C28H30N4O5S. The van der Waals surface area contributed by atoms with Crippen LogP contribution in [0.2, 0.25) is 0 Å². The van der Waals surface area contributed by atoms with Crippen LogP contribution in [0.25, 0.3) is 21.9 Å².